The monoisotopic (exact) mass is 343 g/mol. The van der Waals surface area contributed by atoms with Gasteiger partial charge >= 0.3 is 11.7 Å². The van der Waals surface area contributed by atoms with Gasteiger partial charge < -0.3 is 10.1 Å². The minimum Gasteiger partial charge on any atom is -0.456 e. The molecule has 0 saturated carbocycles. The van der Waals surface area contributed by atoms with E-state index in [-0.39, 0.29) is 12.2 Å². The zero-order chi connectivity index (χ0) is 17.9. The first kappa shape index (κ1) is 15.4. The molecule has 0 aliphatic carbocycles. The predicted octanol–water partition coefficient (Wildman–Crippen LogP) is 0.591. The minimum absolute atomic E-state index is 0.0364. The molecule has 1 aromatic carbocycles. The molecule has 0 radical (unpaired) electrons. The van der Waals surface area contributed by atoms with E-state index in [1.54, 1.807) is 7.05 Å². The summed E-state index contributed by atoms with van der Waals surface area (Å²) >= 11 is 0. The van der Waals surface area contributed by atoms with Crippen molar-refractivity contribution in [2.45, 2.75) is 5.92 Å². The van der Waals surface area contributed by atoms with Gasteiger partial charge in [-0.05, 0) is 17.7 Å². The fourth-order valence-corrected chi connectivity index (χ4v) is 3.37. The van der Waals surface area contributed by atoms with Gasteiger partial charge in [0.15, 0.2) is 0 Å². The number of nitrogens with one attached hydrogen (secondary N) is 1. The summed E-state index contributed by atoms with van der Waals surface area (Å²) in [4.78, 5) is 37.3. The Morgan fingerprint density at radius 2 is 1.80 bits per heavy atom. The zero-order valence-corrected chi connectivity index (χ0v) is 13.5. The van der Waals surface area contributed by atoms with Gasteiger partial charge in [-0.3, -0.25) is 13.9 Å². The molecule has 2 aliphatic heterocycles. The largest absolute Gasteiger partial charge is 0.456 e. The van der Waals surface area contributed by atoms with Crippen LogP contribution in [0, 0.1) is 5.82 Å². The minimum atomic E-state index is -0.729. The molecule has 3 heterocycles. The maximum absolute atomic E-state index is 13.3. The van der Waals surface area contributed by atoms with Gasteiger partial charge in [-0.15, -0.1) is 0 Å². The van der Waals surface area contributed by atoms with Crippen LogP contribution in [-0.2, 0) is 23.6 Å². The number of anilines is 1. The van der Waals surface area contributed by atoms with Crippen LogP contribution in [0.15, 0.2) is 45.1 Å². The normalized spacial score (nSPS) is 18.5. The molecule has 0 unspecified atom stereocenters. The molecule has 7 nitrogen and oxygen atoms in total. The maximum Gasteiger partial charge on any atom is 0.337 e. The predicted molar refractivity (Wildman–Crippen MR) is 86.8 cm³/mol. The average molecular weight is 343 g/mol. The topological polar surface area (TPSA) is 82.3 Å². The molecule has 0 spiro atoms. The van der Waals surface area contributed by atoms with Gasteiger partial charge in [0.25, 0.3) is 5.56 Å². The Balaban J connectivity index is 2.08. The number of carbonyl (C=O) groups is 1. The van der Waals surface area contributed by atoms with E-state index in [4.69, 9.17) is 4.74 Å². The van der Waals surface area contributed by atoms with Crippen molar-refractivity contribution in [3.05, 3.63) is 73.3 Å². The number of rotatable bonds is 1. The molecule has 128 valence electrons. The SMILES string of the molecule is Cn1c2c(c(=O)n(C)c1=O)[C@@H](c1ccc(F)cc1)C1=C(COC1=O)N2. The number of halogens is 1. The van der Waals surface area contributed by atoms with Crippen LogP contribution in [0.5, 0.6) is 0 Å². The van der Waals surface area contributed by atoms with Gasteiger partial charge in [-0.2, -0.15) is 0 Å². The number of carbonyl (C=O) groups excluding carboxylic acids is 1. The second-order valence-corrected chi connectivity index (χ2v) is 6.05. The van der Waals surface area contributed by atoms with E-state index in [0.29, 0.717) is 22.7 Å². The van der Waals surface area contributed by atoms with Gasteiger partial charge in [-0.25, -0.2) is 14.0 Å². The number of benzene rings is 1. The lowest BCUT2D eigenvalue weighted by atomic mass is 9.83. The van der Waals surface area contributed by atoms with Crippen molar-refractivity contribution < 1.29 is 13.9 Å². The fraction of sp³-hybridized carbons (Fsp3) is 0.235. The highest BCUT2D eigenvalue weighted by Crippen LogP contribution is 2.42. The summed E-state index contributed by atoms with van der Waals surface area (Å²) in [5, 5.41) is 2.99. The lowest BCUT2D eigenvalue weighted by molar-refractivity contribution is -0.136. The fourth-order valence-electron chi connectivity index (χ4n) is 3.37. The van der Waals surface area contributed by atoms with E-state index in [0.717, 1.165) is 4.57 Å². The quantitative estimate of drug-likeness (QED) is 0.767. The third-order valence-corrected chi connectivity index (χ3v) is 4.64. The van der Waals surface area contributed by atoms with Gasteiger partial charge in [-0.1, -0.05) is 12.1 Å². The molecule has 0 bridgehead atoms. The molecule has 25 heavy (non-hydrogen) atoms. The average Bonchev–Trinajstić information content (AvgIpc) is 2.98. The Kier molecular flexibility index (Phi) is 3.18. The first-order valence-electron chi connectivity index (χ1n) is 7.62. The van der Waals surface area contributed by atoms with E-state index in [9.17, 15) is 18.8 Å². The van der Waals surface area contributed by atoms with Crippen molar-refractivity contribution in [3.8, 4) is 0 Å². The van der Waals surface area contributed by atoms with Crippen LogP contribution < -0.4 is 16.6 Å². The number of cyclic esters (lactones) is 1. The number of esters is 1. The van der Waals surface area contributed by atoms with Crippen LogP contribution in [0.25, 0.3) is 0 Å². The lowest BCUT2D eigenvalue weighted by Crippen LogP contribution is -2.43. The van der Waals surface area contributed by atoms with Gasteiger partial charge in [0.1, 0.15) is 18.2 Å². The Morgan fingerprint density at radius 3 is 2.48 bits per heavy atom. The van der Waals surface area contributed by atoms with E-state index in [1.807, 2.05) is 0 Å². The van der Waals surface area contributed by atoms with Crippen molar-refractivity contribution in [2.75, 3.05) is 11.9 Å². The highest BCUT2D eigenvalue weighted by Gasteiger charge is 2.41. The van der Waals surface area contributed by atoms with Crippen molar-refractivity contribution in [1.29, 1.82) is 0 Å². The number of hydrogen-bond donors (Lipinski definition) is 1. The Morgan fingerprint density at radius 1 is 1.12 bits per heavy atom. The number of fused-ring (bicyclic) bond motifs is 1. The Bertz CT molecular complexity index is 1060. The maximum atomic E-state index is 13.3. The van der Waals surface area contributed by atoms with Crippen LogP contribution >= 0.6 is 0 Å². The van der Waals surface area contributed by atoms with Gasteiger partial charge in [0, 0.05) is 14.1 Å². The lowest BCUT2D eigenvalue weighted by Gasteiger charge is -2.28. The zero-order valence-electron chi connectivity index (χ0n) is 13.5. The van der Waals surface area contributed by atoms with Crippen LogP contribution in [-0.4, -0.2) is 21.7 Å². The van der Waals surface area contributed by atoms with Crippen LogP contribution in [0.3, 0.4) is 0 Å². The summed E-state index contributed by atoms with van der Waals surface area (Å²) in [5.74, 6) is -1.36. The summed E-state index contributed by atoms with van der Waals surface area (Å²) in [5.41, 5.74) is 0.666. The van der Waals surface area contributed by atoms with Gasteiger partial charge in [0.2, 0.25) is 0 Å². The molecular formula is C17H14FN3O4. The second-order valence-electron chi connectivity index (χ2n) is 6.05. The number of ether oxygens (including phenoxy) is 1. The van der Waals surface area contributed by atoms with E-state index < -0.39 is 29.0 Å². The molecule has 2 aromatic rings. The van der Waals surface area contributed by atoms with Crippen molar-refractivity contribution in [3.63, 3.8) is 0 Å². The van der Waals surface area contributed by atoms with Gasteiger partial charge in [0.05, 0.1) is 22.8 Å². The molecule has 1 atom stereocenters. The summed E-state index contributed by atoms with van der Waals surface area (Å²) in [6.07, 6.45) is 0. The van der Waals surface area contributed by atoms with E-state index in [1.165, 1.54) is 35.9 Å². The van der Waals surface area contributed by atoms with Crippen LogP contribution in [0.2, 0.25) is 0 Å². The number of aromatic nitrogens is 2. The molecule has 4 rings (SSSR count). The standard InChI is InChI=1S/C17H14FN3O4/c1-20-14-13(15(22)21(2)17(20)24)11(8-3-5-9(18)6-4-8)12-10(19-14)7-25-16(12)23/h3-6,11,19H,7H2,1-2H3/t11-/m0/s1. The summed E-state index contributed by atoms with van der Waals surface area (Å²) < 4.78 is 20.7. The number of hydrogen-bond acceptors (Lipinski definition) is 5. The molecular weight excluding hydrogens is 329 g/mol. The van der Waals surface area contributed by atoms with Crippen molar-refractivity contribution >= 4 is 11.8 Å². The second kappa shape index (κ2) is 5.17. The Hall–Kier alpha value is -3.16. The molecule has 1 N–H and O–H groups in total. The highest BCUT2D eigenvalue weighted by molar-refractivity contribution is 5.96. The first-order chi connectivity index (χ1) is 11.9. The molecule has 8 heteroatoms. The van der Waals surface area contributed by atoms with E-state index >= 15 is 0 Å². The number of nitrogens with zero attached hydrogens (tertiary/aromatic N) is 2. The third-order valence-electron chi connectivity index (χ3n) is 4.64. The Labute approximate surface area is 141 Å². The summed E-state index contributed by atoms with van der Waals surface area (Å²) in [7, 11) is 2.92. The van der Waals surface area contributed by atoms with Crippen LogP contribution in [0.1, 0.15) is 17.0 Å². The smallest absolute Gasteiger partial charge is 0.337 e. The molecule has 0 amide bonds. The van der Waals surface area contributed by atoms with E-state index in [2.05, 4.69) is 5.32 Å². The summed E-state index contributed by atoms with van der Waals surface area (Å²) in [6, 6.07) is 5.58. The third kappa shape index (κ3) is 2.07. The van der Waals surface area contributed by atoms with Crippen molar-refractivity contribution in [2.24, 2.45) is 14.1 Å². The summed E-state index contributed by atoms with van der Waals surface area (Å²) in [6.45, 7) is 0.0364. The molecule has 0 fully saturated rings. The first-order valence-corrected chi connectivity index (χ1v) is 7.62. The van der Waals surface area contributed by atoms with Crippen molar-refractivity contribution in [1.82, 2.24) is 9.13 Å². The van der Waals surface area contributed by atoms with Crippen LogP contribution in [0.4, 0.5) is 10.2 Å². The molecule has 0 saturated heterocycles. The highest BCUT2D eigenvalue weighted by atomic mass is 19.1. The molecule has 1 aromatic heterocycles. The molecule has 2 aliphatic rings.